The first kappa shape index (κ1) is 19.6. The summed E-state index contributed by atoms with van der Waals surface area (Å²) in [7, 11) is 0. The zero-order chi connectivity index (χ0) is 20.0. The monoisotopic (exact) mass is 428 g/mol. The standard InChI is InChI=1S/C22H25BrN2O2/c1-21(2,3)13-11-15(18(26)16(12-13)22(4,5)6)20-24-19(25-27-20)14-9-7-8-10-17(14)23/h7-12,26H,1-6H3. The van der Waals surface area contributed by atoms with Crippen molar-refractivity contribution < 1.29 is 9.63 Å². The van der Waals surface area contributed by atoms with Gasteiger partial charge in [-0.15, -0.1) is 0 Å². The minimum atomic E-state index is -0.217. The summed E-state index contributed by atoms with van der Waals surface area (Å²) in [4.78, 5) is 4.55. The zero-order valence-corrected chi connectivity index (χ0v) is 18.2. The summed E-state index contributed by atoms with van der Waals surface area (Å²) < 4.78 is 6.42. The predicted octanol–water partition coefficient (Wildman–Crippen LogP) is 6.47. The summed E-state index contributed by atoms with van der Waals surface area (Å²) in [6.07, 6.45) is 0. The third kappa shape index (κ3) is 3.93. The number of aromatic nitrogens is 2. The SMILES string of the molecule is CC(C)(C)c1cc(-c2nc(-c3ccccc3Br)no2)c(O)c(C(C)(C)C)c1. The highest BCUT2D eigenvalue weighted by atomic mass is 79.9. The minimum absolute atomic E-state index is 0.0756. The smallest absolute Gasteiger partial charge is 0.262 e. The summed E-state index contributed by atoms with van der Waals surface area (Å²) in [5.74, 6) is 0.989. The molecule has 0 saturated heterocycles. The molecule has 0 amide bonds. The van der Waals surface area contributed by atoms with E-state index in [1.54, 1.807) is 0 Å². The Morgan fingerprint density at radius 3 is 2.19 bits per heavy atom. The van der Waals surface area contributed by atoms with Crippen LogP contribution in [-0.4, -0.2) is 15.2 Å². The second-order valence-corrected chi connectivity index (χ2v) is 9.68. The Morgan fingerprint density at radius 1 is 0.926 bits per heavy atom. The largest absolute Gasteiger partial charge is 0.507 e. The van der Waals surface area contributed by atoms with Crippen LogP contribution in [0.2, 0.25) is 0 Å². The maximum Gasteiger partial charge on any atom is 0.262 e. The van der Waals surface area contributed by atoms with E-state index in [0.29, 0.717) is 17.3 Å². The summed E-state index contributed by atoms with van der Waals surface area (Å²) in [5, 5.41) is 15.1. The first-order chi connectivity index (χ1) is 12.5. The van der Waals surface area contributed by atoms with E-state index in [2.05, 4.69) is 73.7 Å². The molecule has 142 valence electrons. The van der Waals surface area contributed by atoms with E-state index in [4.69, 9.17) is 4.52 Å². The average Bonchev–Trinajstić information content (AvgIpc) is 3.02. The van der Waals surface area contributed by atoms with E-state index in [-0.39, 0.29) is 16.6 Å². The molecule has 1 aromatic heterocycles. The van der Waals surface area contributed by atoms with Gasteiger partial charge in [0.25, 0.3) is 5.89 Å². The van der Waals surface area contributed by atoms with E-state index >= 15 is 0 Å². The van der Waals surface area contributed by atoms with Crippen LogP contribution < -0.4 is 0 Å². The molecule has 1 N–H and O–H groups in total. The normalized spacial score (nSPS) is 12.4. The summed E-state index contributed by atoms with van der Waals surface area (Å²) >= 11 is 3.52. The number of phenolic OH excluding ortho intramolecular Hbond substituents is 1. The van der Waals surface area contributed by atoms with Crippen LogP contribution in [0, 0.1) is 0 Å². The number of nitrogens with zero attached hydrogens (tertiary/aromatic N) is 2. The number of hydrogen-bond acceptors (Lipinski definition) is 4. The van der Waals surface area contributed by atoms with Gasteiger partial charge >= 0.3 is 0 Å². The van der Waals surface area contributed by atoms with Crippen LogP contribution in [0.3, 0.4) is 0 Å². The van der Waals surface area contributed by atoms with Crippen molar-refractivity contribution in [2.24, 2.45) is 0 Å². The molecule has 0 aliphatic rings. The van der Waals surface area contributed by atoms with Crippen molar-refractivity contribution in [2.45, 2.75) is 52.4 Å². The van der Waals surface area contributed by atoms with E-state index in [0.717, 1.165) is 21.2 Å². The summed E-state index contributed by atoms with van der Waals surface area (Å²) in [6.45, 7) is 12.7. The fourth-order valence-electron chi connectivity index (χ4n) is 2.89. The Balaban J connectivity index is 2.19. The highest BCUT2D eigenvalue weighted by molar-refractivity contribution is 9.10. The molecule has 0 spiro atoms. The Kier molecular flexibility index (Phi) is 4.93. The number of aromatic hydroxyl groups is 1. The van der Waals surface area contributed by atoms with Crippen molar-refractivity contribution in [3.8, 4) is 28.6 Å². The van der Waals surface area contributed by atoms with Gasteiger partial charge in [0, 0.05) is 15.6 Å². The lowest BCUT2D eigenvalue weighted by molar-refractivity contribution is 0.419. The highest BCUT2D eigenvalue weighted by Crippen LogP contribution is 2.42. The Hall–Kier alpha value is -2.14. The van der Waals surface area contributed by atoms with Crippen LogP contribution in [-0.2, 0) is 10.8 Å². The molecule has 0 saturated carbocycles. The molecule has 0 bridgehead atoms. The number of hydrogen-bond donors (Lipinski definition) is 1. The molecule has 0 radical (unpaired) electrons. The van der Waals surface area contributed by atoms with Crippen molar-refractivity contribution >= 4 is 15.9 Å². The molecule has 27 heavy (non-hydrogen) atoms. The van der Waals surface area contributed by atoms with Crippen molar-refractivity contribution in [1.29, 1.82) is 0 Å². The Labute approximate surface area is 168 Å². The molecule has 5 heteroatoms. The van der Waals surface area contributed by atoms with Gasteiger partial charge in [-0.05, 0) is 34.6 Å². The van der Waals surface area contributed by atoms with Gasteiger partial charge in [0.2, 0.25) is 5.82 Å². The molecule has 0 aliphatic carbocycles. The molecule has 2 aromatic carbocycles. The molecule has 0 fully saturated rings. The third-order valence-electron chi connectivity index (χ3n) is 4.56. The van der Waals surface area contributed by atoms with Crippen molar-refractivity contribution in [1.82, 2.24) is 10.1 Å². The van der Waals surface area contributed by atoms with Gasteiger partial charge in [0.1, 0.15) is 5.75 Å². The number of halogens is 1. The second-order valence-electron chi connectivity index (χ2n) is 8.82. The van der Waals surface area contributed by atoms with Gasteiger partial charge in [-0.25, -0.2) is 0 Å². The van der Waals surface area contributed by atoms with Gasteiger partial charge in [0.05, 0.1) is 5.56 Å². The van der Waals surface area contributed by atoms with Crippen LogP contribution in [0.1, 0.15) is 52.7 Å². The van der Waals surface area contributed by atoms with Gasteiger partial charge in [-0.1, -0.05) is 80.8 Å². The molecule has 0 atom stereocenters. The first-order valence-corrected chi connectivity index (χ1v) is 9.75. The van der Waals surface area contributed by atoms with Crippen LogP contribution in [0.25, 0.3) is 22.8 Å². The van der Waals surface area contributed by atoms with E-state index in [1.807, 2.05) is 30.3 Å². The first-order valence-electron chi connectivity index (χ1n) is 8.95. The lowest BCUT2D eigenvalue weighted by atomic mass is 9.79. The summed E-state index contributed by atoms with van der Waals surface area (Å²) in [6, 6.07) is 11.7. The fraction of sp³-hybridized carbons (Fsp3) is 0.364. The van der Waals surface area contributed by atoms with Crippen molar-refractivity contribution in [2.75, 3.05) is 0 Å². The van der Waals surface area contributed by atoms with Crippen LogP contribution in [0.15, 0.2) is 45.4 Å². The maximum absolute atomic E-state index is 11.0. The molecule has 0 unspecified atom stereocenters. The molecule has 3 rings (SSSR count). The lowest BCUT2D eigenvalue weighted by Crippen LogP contribution is -2.17. The number of rotatable bonds is 2. The van der Waals surface area contributed by atoms with Gasteiger partial charge < -0.3 is 9.63 Å². The molecule has 0 aliphatic heterocycles. The molecule has 1 heterocycles. The van der Waals surface area contributed by atoms with Crippen LogP contribution >= 0.6 is 15.9 Å². The van der Waals surface area contributed by atoms with Gasteiger partial charge in [-0.2, -0.15) is 4.98 Å². The van der Waals surface area contributed by atoms with Gasteiger partial charge in [-0.3, -0.25) is 0 Å². The third-order valence-corrected chi connectivity index (χ3v) is 5.25. The average molecular weight is 429 g/mol. The van der Waals surface area contributed by atoms with Gasteiger partial charge in [0.15, 0.2) is 0 Å². The second kappa shape index (κ2) is 6.79. The topological polar surface area (TPSA) is 59.2 Å². The van der Waals surface area contributed by atoms with E-state index in [9.17, 15) is 5.11 Å². The van der Waals surface area contributed by atoms with E-state index < -0.39 is 0 Å². The highest BCUT2D eigenvalue weighted by Gasteiger charge is 2.27. The Bertz CT molecular complexity index is 979. The molecular weight excluding hydrogens is 404 g/mol. The van der Waals surface area contributed by atoms with Crippen LogP contribution in [0.5, 0.6) is 5.75 Å². The zero-order valence-electron chi connectivity index (χ0n) is 16.6. The van der Waals surface area contributed by atoms with E-state index in [1.165, 1.54) is 0 Å². The molecular formula is C22H25BrN2O2. The minimum Gasteiger partial charge on any atom is -0.507 e. The number of phenols is 1. The summed E-state index contributed by atoms with van der Waals surface area (Å²) in [5.41, 5.74) is 3.10. The van der Waals surface area contributed by atoms with Crippen molar-refractivity contribution in [3.05, 3.63) is 52.0 Å². The maximum atomic E-state index is 11.0. The molecule has 4 nitrogen and oxygen atoms in total. The fourth-order valence-corrected chi connectivity index (χ4v) is 3.35. The number of benzene rings is 2. The van der Waals surface area contributed by atoms with Crippen molar-refractivity contribution in [3.63, 3.8) is 0 Å². The molecule has 3 aromatic rings. The quantitative estimate of drug-likeness (QED) is 0.508. The van der Waals surface area contributed by atoms with Crippen LogP contribution in [0.4, 0.5) is 0 Å². The lowest BCUT2D eigenvalue weighted by Gasteiger charge is -2.26. The predicted molar refractivity (Wildman–Crippen MR) is 112 cm³/mol. The Morgan fingerprint density at radius 2 is 1.59 bits per heavy atom.